The van der Waals surface area contributed by atoms with Crippen molar-refractivity contribution in [2.24, 2.45) is 0 Å². The Labute approximate surface area is 122 Å². The molecule has 0 aliphatic carbocycles. The number of anilines is 2. The van der Waals surface area contributed by atoms with Gasteiger partial charge in [0.1, 0.15) is 11.3 Å². The van der Waals surface area contributed by atoms with Gasteiger partial charge in [0, 0.05) is 18.9 Å². The van der Waals surface area contributed by atoms with E-state index in [4.69, 9.17) is 10.5 Å². The lowest BCUT2D eigenvalue weighted by Gasteiger charge is -2.09. The minimum Gasteiger partial charge on any atom is -0.495 e. The summed E-state index contributed by atoms with van der Waals surface area (Å²) >= 11 is 0. The Hall–Kier alpha value is -2.76. The molecule has 0 unspecified atom stereocenters. The van der Waals surface area contributed by atoms with Gasteiger partial charge in [-0.1, -0.05) is 6.07 Å². The van der Waals surface area contributed by atoms with Crippen LogP contribution in [0.15, 0.2) is 36.7 Å². The third-order valence-corrected chi connectivity index (χ3v) is 3.27. The smallest absolute Gasteiger partial charge is 0.152 e. The van der Waals surface area contributed by atoms with Gasteiger partial charge in [0.05, 0.1) is 18.5 Å². The summed E-state index contributed by atoms with van der Waals surface area (Å²) in [6.45, 7) is 2.59. The molecule has 0 saturated heterocycles. The van der Waals surface area contributed by atoms with Gasteiger partial charge >= 0.3 is 0 Å². The van der Waals surface area contributed by atoms with Crippen LogP contribution in [0.3, 0.4) is 0 Å². The van der Waals surface area contributed by atoms with E-state index >= 15 is 0 Å². The third-order valence-electron chi connectivity index (χ3n) is 3.27. The molecule has 0 radical (unpaired) electrons. The van der Waals surface area contributed by atoms with Crippen LogP contribution in [-0.2, 0) is 6.54 Å². The molecule has 3 N–H and O–H groups in total. The molecule has 0 saturated carbocycles. The highest BCUT2D eigenvalue weighted by Gasteiger charge is 2.06. The molecule has 0 aliphatic rings. The predicted octanol–water partition coefficient (Wildman–Crippen LogP) is 2.24. The second-order valence-electron chi connectivity index (χ2n) is 4.82. The maximum atomic E-state index is 5.91. The van der Waals surface area contributed by atoms with Crippen molar-refractivity contribution < 1.29 is 4.74 Å². The maximum Gasteiger partial charge on any atom is 0.152 e. The molecule has 3 rings (SSSR count). The van der Waals surface area contributed by atoms with Gasteiger partial charge in [0.15, 0.2) is 5.82 Å². The largest absolute Gasteiger partial charge is 0.495 e. The Morgan fingerprint density at radius 1 is 1.33 bits per heavy atom. The van der Waals surface area contributed by atoms with Gasteiger partial charge in [-0.3, -0.25) is 0 Å². The second kappa shape index (κ2) is 5.32. The molecule has 6 nitrogen and oxygen atoms in total. The van der Waals surface area contributed by atoms with Crippen molar-refractivity contribution >= 4 is 17.0 Å². The molecule has 3 aromatic rings. The summed E-state index contributed by atoms with van der Waals surface area (Å²) < 4.78 is 6.97. The monoisotopic (exact) mass is 283 g/mol. The molecule has 2 heterocycles. The zero-order valence-corrected chi connectivity index (χ0v) is 12.0. The van der Waals surface area contributed by atoms with Crippen LogP contribution in [0.1, 0.15) is 11.3 Å². The number of hydrogen-bond donors (Lipinski definition) is 2. The van der Waals surface area contributed by atoms with E-state index in [1.807, 2.05) is 41.9 Å². The van der Waals surface area contributed by atoms with Crippen molar-refractivity contribution in [3.05, 3.63) is 47.9 Å². The van der Waals surface area contributed by atoms with Gasteiger partial charge in [-0.25, -0.2) is 9.50 Å². The highest BCUT2D eigenvalue weighted by atomic mass is 16.5. The number of nitrogens with zero attached hydrogens (tertiary/aromatic N) is 3. The van der Waals surface area contributed by atoms with Crippen LogP contribution in [0, 0.1) is 6.92 Å². The number of rotatable bonds is 4. The topological polar surface area (TPSA) is 77.5 Å². The summed E-state index contributed by atoms with van der Waals surface area (Å²) in [5.74, 6) is 1.48. The summed E-state index contributed by atoms with van der Waals surface area (Å²) in [5.41, 5.74) is 9.52. The number of nitrogens with two attached hydrogens (primary N) is 1. The lowest BCUT2D eigenvalue weighted by molar-refractivity contribution is 0.417. The van der Waals surface area contributed by atoms with Crippen molar-refractivity contribution in [1.82, 2.24) is 14.6 Å². The van der Waals surface area contributed by atoms with Gasteiger partial charge in [0.2, 0.25) is 0 Å². The fourth-order valence-corrected chi connectivity index (χ4v) is 2.26. The van der Waals surface area contributed by atoms with Gasteiger partial charge < -0.3 is 15.8 Å². The Morgan fingerprint density at radius 2 is 2.19 bits per heavy atom. The molecular weight excluding hydrogens is 266 g/mol. The van der Waals surface area contributed by atoms with E-state index < -0.39 is 0 Å². The quantitative estimate of drug-likeness (QED) is 0.718. The molecule has 0 fully saturated rings. The molecule has 0 amide bonds. The van der Waals surface area contributed by atoms with Crippen LogP contribution in [-0.4, -0.2) is 21.7 Å². The minimum atomic E-state index is 0.628. The Balaban J connectivity index is 1.81. The van der Waals surface area contributed by atoms with Crippen molar-refractivity contribution in [3.63, 3.8) is 0 Å². The highest BCUT2D eigenvalue weighted by Crippen LogP contribution is 2.23. The molecule has 1 aromatic carbocycles. The molecule has 0 atom stereocenters. The molecule has 108 valence electrons. The molecule has 0 aliphatic heterocycles. The van der Waals surface area contributed by atoms with E-state index in [1.165, 1.54) is 0 Å². The number of aromatic nitrogens is 3. The lowest BCUT2D eigenvalue weighted by atomic mass is 10.2. The van der Waals surface area contributed by atoms with Crippen molar-refractivity contribution in [1.29, 1.82) is 0 Å². The Kier molecular flexibility index (Phi) is 3.35. The fraction of sp³-hybridized carbons (Fsp3) is 0.200. The van der Waals surface area contributed by atoms with Gasteiger partial charge in [-0.15, -0.1) is 0 Å². The molecule has 6 heteroatoms. The average Bonchev–Trinajstić information content (AvgIpc) is 2.86. The van der Waals surface area contributed by atoms with Crippen LogP contribution in [0.2, 0.25) is 0 Å². The van der Waals surface area contributed by atoms with Crippen molar-refractivity contribution in [2.45, 2.75) is 13.5 Å². The van der Waals surface area contributed by atoms with E-state index in [1.54, 1.807) is 13.3 Å². The summed E-state index contributed by atoms with van der Waals surface area (Å²) in [7, 11) is 1.61. The first-order valence-corrected chi connectivity index (χ1v) is 6.64. The summed E-state index contributed by atoms with van der Waals surface area (Å²) in [4.78, 5) is 4.36. The molecule has 2 aromatic heterocycles. The number of benzene rings is 1. The number of nitrogens with one attached hydrogen (secondary N) is 1. The van der Waals surface area contributed by atoms with E-state index in [0.29, 0.717) is 18.0 Å². The van der Waals surface area contributed by atoms with Crippen molar-refractivity contribution in [3.8, 4) is 5.75 Å². The number of fused-ring (bicyclic) bond motifs is 1. The zero-order valence-electron chi connectivity index (χ0n) is 12.0. The Bertz CT molecular complexity index is 781. The van der Waals surface area contributed by atoms with Gasteiger partial charge in [0.25, 0.3) is 0 Å². The number of hydrogen-bond acceptors (Lipinski definition) is 5. The SMILES string of the molecule is COc1ccc(CNc2nccn3nc(C)cc23)cc1N. The molecule has 0 bridgehead atoms. The summed E-state index contributed by atoms with van der Waals surface area (Å²) in [6, 6.07) is 7.73. The van der Waals surface area contributed by atoms with Gasteiger partial charge in [-0.2, -0.15) is 5.10 Å². The standard InChI is InChI=1S/C15H17N5O/c1-10-7-13-15(17-5-6-20(13)19-10)18-9-11-3-4-14(21-2)12(16)8-11/h3-8H,9,16H2,1-2H3,(H,17,18). The first-order chi connectivity index (χ1) is 10.2. The highest BCUT2D eigenvalue weighted by molar-refractivity contribution is 5.67. The fourth-order valence-electron chi connectivity index (χ4n) is 2.26. The van der Waals surface area contributed by atoms with Crippen LogP contribution >= 0.6 is 0 Å². The van der Waals surface area contributed by atoms with Crippen LogP contribution < -0.4 is 15.8 Å². The Morgan fingerprint density at radius 3 is 2.95 bits per heavy atom. The van der Waals surface area contributed by atoms with E-state index in [0.717, 1.165) is 22.6 Å². The average molecular weight is 283 g/mol. The number of methoxy groups -OCH3 is 1. The van der Waals surface area contributed by atoms with Crippen LogP contribution in [0.25, 0.3) is 5.52 Å². The first kappa shape index (κ1) is 13.2. The number of aryl methyl sites for hydroxylation is 1. The molecular formula is C15H17N5O. The number of ether oxygens (including phenoxy) is 1. The first-order valence-electron chi connectivity index (χ1n) is 6.64. The number of nitrogen functional groups attached to an aromatic ring is 1. The second-order valence-corrected chi connectivity index (χ2v) is 4.82. The minimum absolute atomic E-state index is 0.628. The van der Waals surface area contributed by atoms with Crippen LogP contribution in [0.4, 0.5) is 11.5 Å². The van der Waals surface area contributed by atoms with Crippen LogP contribution in [0.5, 0.6) is 5.75 Å². The summed E-state index contributed by atoms with van der Waals surface area (Å²) in [6.07, 6.45) is 3.56. The normalized spacial score (nSPS) is 10.8. The lowest BCUT2D eigenvalue weighted by Crippen LogP contribution is -2.04. The summed E-state index contributed by atoms with van der Waals surface area (Å²) in [5, 5.41) is 7.68. The zero-order chi connectivity index (χ0) is 14.8. The van der Waals surface area contributed by atoms with E-state index in [-0.39, 0.29) is 0 Å². The molecule has 21 heavy (non-hydrogen) atoms. The van der Waals surface area contributed by atoms with Gasteiger partial charge in [-0.05, 0) is 30.7 Å². The third kappa shape index (κ3) is 2.60. The van der Waals surface area contributed by atoms with E-state index in [2.05, 4.69) is 15.4 Å². The van der Waals surface area contributed by atoms with E-state index in [9.17, 15) is 0 Å². The predicted molar refractivity (Wildman–Crippen MR) is 82.5 cm³/mol. The maximum absolute atomic E-state index is 5.91. The van der Waals surface area contributed by atoms with Crippen molar-refractivity contribution in [2.75, 3.05) is 18.2 Å². The molecule has 0 spiro atoms.